The molecule has 26 heavy (non-hydrogen) atoms. The van der Waals surface area contributed by atoms with Crippen molar-refractivity contribution in [3.63, 3.8) is 0 Å². The Kier molecular flexibility index (Phi) is 3.54. The Morgan fingerprint density at radius 1 is 1.27 bits per heavy atom. The van der Waals surface area contributed by atoms with E-state index in [1.165, 1.54) is 6.33 Å². The van der Waals surface area contributed by atoms with Gasteiger partial charge in [-0.05, 0) is 48.5 Å². The molecule has 0 fully saturated rings. The molecule has 0 spiro atoms. The lowest BCUT2D eigenvalue weighted by Crippen LogP contribution is -2.35. The Bertz CT molecular complexity index is 1020. The summed E-state index contributed by atoms with van der Waals surface area (Å²) in [5.41, 5.74) is 4.47. The summed E-state index contributed by atoms with van der Waals surface area (Å²) in [6, 6.07) is 8.08. The second kappa shape index (κ2) is 5.93. The van der Waals surface area contributed by atoms with Crippen LogP contribution in [0.2, 0.25) is 0 Å². The minimum absolute atomic E-state index is 0.228. The van der Waals surface area contributed by atoms with Gasteiger partial charge in [-0.25, -0.2) is 15.0 Å². The molecule has 8 heteroatoms. The molecule has 2 aliphatic heterocycles. The molecule has 2 aromatic heterocycles. The third kappa shape index (κ3) is 2.41. The smallest absolute Gasteiger partial charge is 0.446 e. The zero-order valence-corrected chi connectivity index (χ0v) is 14.3. The number of furan rings is 1. The van der Waals surface area contributed by atoms with Crippen LogP contribution in [0.5, 0.6) is 0 Å². The summed E-state index contributed by atoms with van der Waals surface area (Å²) in [7, 11) is -0.820. The van der Waals surface area contributed by atoms with E-state index in [2.05, 4.69) is 23.0 Å². The van der Waals surface area contributed by atoms with Gasteiger partial charge in [0, 0.05) is 0 Å². The Labute approximate surface area is 150 Å². The average Bonchev–Trinajstić information content (AvgIpc) is 3.29. The van der Waals surface area contributed by atoms with E-state index < -0.39 is 7.12 Å². The third-order valence-corrected chi connectivity index (χ3v) is 5.04. The summed E-state index contributed by atoms with van der Waals surface area (Å²) in [5.74, 6) is 0.758. The molecule has 2 aliphatic rings. The quantitative estimate of drug-likeness (QED) is 0.712. The Morgan fingerprint density at radius 2 is 2.19 bits per heavy atom. The summed E-state index contributed by atoms with van der Waals surface area (Å²) < 4.78 is 10.7. The van der Waals surface area contributed by atoms with Crippen molar-refractivity contribution in [2.45, 2.75) is 32.4 Å². The highest BCUT2D eigenvalue weighted by Gasteiger charge is 2.29. The summed E-state index contributed by atoms with van der Waals surface area (Å²) >= 11 is 0. The van der Waals surface area contributed by atoms with E-state index in [9.17, 15) is 5.02 Å². The Hall–Kier alpha value is -2.71. The van der Waals surface area contributed by atoms with Crippen molar-refractivity contribution in [1.29, 1.82) is 0 Å². The van der Waals surface area contributed by atoms with Crippen LogP contribution in [0, 0.1) is 0 Å². The van der Waals surface area contributed by atoms with Gasteiger partial charge >= 0.3 is 7.12 Å². The van der Waals surface area contributed by atoms with Crippen molar-refractivity contribution < 1.29 is 14.1 Å². The van der Waals surface area contributed by atoms with Crippen LogP contribution in [0.4, 0.5) is 5.82 Å². The molecule has 1 N–H and O–H groups in total. The highest BCUT2D eigenvalue weighted by atomic mass is 16.5. The van der Waals surface area contributed by atoms with Crippen molar-refractivity contribution >= 4 is 35.2 Å². The fourth-order valence-corrected chi connectivity index (χ4v) is 3.57. The average molecular weight is 348 g/mol. The molecule has 0 bridgehead atoms. The second-order valence-corrected chi connectivity index (χ2v) is 6.69. The molecule has 130 valence electrons. The van der Waals surface area contributed by atoms with Gasteiger partial charge in [-0.1, -0.05) is 12.1 Å². The van der Waals surface area contributed by atoms with E-state index in [0.29, 0.717) is 12.3 Å². The fraction of sp³-hybridized carbons (Fsp3) is 0.278. The van der Waals surface area contributed by atoms with Crippen LogP contribution in [-0.2, 0) is 11.3 Å². The largest absolute Gasteiger partial charge is 0.491 e. The van der Waals surface area contributed by atoms with Gasteiger partial charge in [-0.2, -0.15) is 5.10 Å². The number of nitrogens with zero attached hydrogens (tertiary/aromatic N) is 4. The number of rotatable bonds is 2. The van der Waals surface area contributed by atoms with Crippen LogP contribution in [0.15, 0.2) is 46.4 Å². The van der Waals surface area contributed by atoms with Crippen LogP contribution < -0.4 is 10.5 Å². The minimum Gasteiger partial charge on any atom is -0.446 e. The molecular formula is C18H17BN4O3. The monoisotopic (exact) mass is 348 g/mol. The molecule has 5 rings (SSSR count). The number of hydrazone groups is 1. The minimum atomic E-state index is -0.820. The van der Waals surface area contributed by atoms with Crippen LogP contribution >= 0.6 is 0 Å². The van der Waals surface area contributed by atoms with Crippen LogP contribution in [0.1, 0.15) is 30.9 Å². The van der Waals surface area contributed by atoms with E-state index in [0.717, 1.165) is 46.3 Å². The Morgan fingerprint density at radius 3 is 3.12 bits per heavy atom. The van der Waals surface area contributed by atoms with Crippen molar-refractivity contribution in [3.8, 4) is 0 Å². The van der Waals surface area contributed by atoms with Crippen molar-refractivity contribution in [1.82, 2.24) is 9.97 Å². The number of anilines is 1. The topological polar surface area (TPSA) is 84.0 Å². The van der Waals surface area contributed by atoms with Gasteiger partial charge in [0.25, 0.3) is 0 Å². The van der Waals surface area contributed by atoms with Crippen LogP contribution in [0.3, 0.4) is 0 Å². The maximum absolute atomic E-state index is 9.80. The van der Waals surface area contributed by atoms with Crippen molar-refractivity contribution in [2.75, 3.05) is 5.01 Å². The second-order valence-electron chi connectivity index (χ2n) is 6.69. The standard InChI is InChI=1S/C18H17BN4O3/c1-11-2-5-16(12-3-4-15-13(8-12)9-26-19(15)24)22-23(11)17-14-6-7-25-18(14)21-10-20-17/h3-4,6-8,10-11,24H,2,5,9H2,1H3. The molecule has 0 saturated carbocycles. The highest BCUT2D eigenvalue weighted by molar-refractivity contribution is 6.61. The lowest BCUT2D eigenvalue weighted by Gasteiger charge is -2.31. The maximum atomic E-state index is 9.80. The van der Waals surface area contributed by atoms with Gasteiger partial charge in [0.1, 0.15) is 6.33 Å². The van der Waals surface area contributed by atoms with Gasteiger partial charge in [-0.15, -0.1) is 0 Å². The molecule has 0 aliphatic carbocycles. The molecule has 4 heterocycles. The van der Waals surface area contributed by atoms with Crippen molar-refractivity contribution in [2.24, 2.45) is 5.10 Å². The van der Waals surface area contributed by atoms with Crippen molar-refractivity contribution in [3.05, 3.63) is 48.0 Å². The summed E-state index contributed by atoms with van der Waals surface area (Å²) in [6.45, 7) is 2.57. The summed E-state index contributed by atoms with van der Waals surface area (Å²) in [5, 5.41) is 17.5. The highest BCUT2D eigenvalue weighted by Crippen LogP contribution is 2.30. The molecule has 3 aromatic rings. The van der Waals surface area contributed by atoms with E-state index in [4.69, 9.17) is 14.2 Å². The number of hydrogen-bond acceptors (Lipinski definition) is 7. The number of fused-ring (bicyclic) bond motifs is 2. The molecule has 1 atom stereocenters. The molecule has 1 unspecified atom stereocenters. The molecule has 0 amide bonds. The lowest BCUT2D eigenvalue weighted by molar-refractivity contribution is 0.275. The fourth-order valence-electron chi connectivity index (χ4n) is 3.57. The van der Waals surface area contributed by atoms with E-state index in [-0.39, 0.29) is 6.04 Å². The Balaban J connectivity index is 1.56. The molecule has 0 radical (unpaired) electrons. The molecular weight excluding hydrogens is 331 g/mol. The molecule has 0 saturated heterocycles. The van der Waals surface area contributed by atoms with Crippen LogP contribution in [-0.4, -0.2) is 33.9 Å². The van der Waals surface area contributed by atoms with Gasteiger partial charge in [0.05, 0.1) is 30.0 Å². The van der Waals surface area contributed by atoms with E-state index >= 15 is 0 Å². The molecule has 1 aromatic carbocycles. The first-order valence-corrected chi connectivity index (χ1v) is 8.68. The van der Waals surface area contributed by atoms with Gasteiger partial charge in [0.2, 0.25) is 5.71 Å². The number of hydrogen-bond donors (Lipinski definition) is 1. The van der Waals surface area contributed by atoms with E-state index in [1.54, 1.807) is 6.26 Å². The first kappa shape index (κ1) is 15.5. The maximum Gasteiger partial charge on any atom is 0.491 e. The predicted molar refractivity (Wildman–Crippen MR) is 98.4 cm³/mol. The first-order chi connectivity index (χ1) is 12.7. The predicted octanol–water partition coefficient (Wildman–Crippen LogP) is 1.83. The normalized spacial score (nSPS) is 19.8. The number of aromatic nitrogens is 2. The SMILES string of the molecule is CC1CCC(c2ccc3c(c2)COB3O)=NN1c1ncnc2occc12. The van der Waals surface area contributed by atoms with Gasteiger partial charge < -0.3 is 14.1 Å². The lowest BCUT2D eigenvalue weighted by atomic mass is 9.79. The van der Waals surface area contributed by atoms with Gasteiger partial charge in [0.15, 0.2) is 5.82 Å². The summed E-state index contributed by atoms with van der Waals surface area (Å²) in [6.07, 6.45) is 4.98. The zero-order chi connectivity index (χ0) is 17.7. The van der Waals surface area contributed by atoms with Crippen LogP contribution in [0.25, 0.3) is 11.1 Å². The zero-order valence-electron chi connectivity index (χ0n) is 14.3. The number of benzene rings is 1. The van der Waals surface area contributed by atoms with Gasteiger partial charge in [-0.3, -0.25) is 0 Å². The van der Waals surface area contributed by atoms with E-state index in [1.807, 2.05) is 23.2 Å². The first-order valence-electron chi connectivity index (χ1n) is 8.68. The molecule has 7 nitrogen and oxygen atoms in total. The summed E-state index contributed by atoms with van der Waals surface area (Å²) in [4.78, 5) is 8.60. The third-order valence-electron chi connectivity index (χ3n) is 5.04.